The molecule has 2 atom stereocenters. The molecule has 0 bridgehead atoms. The Kier molecular flexibility index (Phi) is 7.34. The summed E-state index contributed by atoms with van der Waals surface area (Å²) in [5.74, 6) is 0.231. The van der Waals surface area contributed by atoms with Crippen LogP contribution in [0.15, 0.2) is 0 Å². The van der Waals surface area contributed by atoms with E-state index in [4.69, 9.17) is 10.5 Å². The van der Waals surface area contributed by atoms with Crippen LogP contribution in [0, 0.1) is 0 Å². The van der Waals surface area contributed by atoms with Gasteiger partial charge in [-0.05, 0) is 19.8 Å². The lowest BCUT2D eigenvalue weighted by Crippen LogP contribution is -2.52. The van der Waals surface area contributed by atoms with E-state index >= 15 is 0 Å². The fraction of sp³-hybridized carbons (Fsp3) is 0.929. The molecule has 0 aromatic heterocycles. The number of carbonyl (C=O) groups is 1. The molecular weight excluding hydrogens is 242 g/mol. The van der Waals surface area contributed by atoms with Crippen molar-refractivity contribution < 1.29 is 9.53 Å². The van der Waals surface area contributed by atoms with Gasteiger partial charge in [-0.3, -0.25) is 9.69 Å². The van der Waals surface area contributed by atoms with Crippen LogP contribution in [-0.4, -0.2) is 67.2 Å². The van der Waals surface area contributed by atoms with Crippen LogP contribution in [0.4, 0.5) is 0 Å². The Labute approximate surface area is 117 Å². The van der Waals surface area contributed by atoms with Crippen molar-refractivity contribution in [1.82, 2.24) is 9.80 Å². The largest absolute Gasteiger partial charge is 0.374 e. The molecule has 112 valence electrons. The molecule has 2 N–H and O–H groups in total. The zero-order valence-electron chi connectivity index (χ0n) is 12.6. The molecule has 1 heterocycles. The van der Waals surface area contributed by atoms with Crippen molar-refractivity contribution in [1.29, 1.82) is 0 Å². The minimum atomic E-state index is 0.0142. The topological polar surface area (TPSA) is 58.8 Å². The lowest BCUT2D eigenvalue weighted by atomic mass is 10.1. The molecule has 5 heteroatoms. The Hall–Kier alpha value is -0.650. The molecule has 0 aliphatic carbocycles. The van der Waals surface area contributed by atoms with Gasteiger partial charge in [-0.15, -0.1) is 0 Å². The molecule has 1 amide bonds. The van der Waals surface area contributed by atoms with Crippen LogP contribution in [0.1, 0.15) is 33.6 Å². The minimum Gasteiger partial charge on any atom is -0.374 e. The third-order valence-corrected chi connectivity index (χ3v) is 3.46. The summed E-state index contributed by atoms with van der Waals surface area (Å²) in [6.07, 6.45) is 2.07. The number of ether oxygens (including phenoxy) is 1. The third-order valence-electron chi connectivity index (χ3n) is 3.46. The number of carbonyl (C=O) groups excluding carboxylic acids is 1. The van der Waals surface area contributed by atoms with E-state index in [0.717, 1.165) is 39.0 Å². The summed E-state index contributed by atoms with van der Waals surface area (Å²) in [4.78, 5) is 16.4. The number of rotatable bonds is 7. The Bertz CT molecular complexity index is 265. The quantitative estimate of drug-likeness (QED) is 0.740. The molecule has 5 nitrogen and oxygen atoms in total. The van der Waals surface area contributed by atoms with Crippen LogP contribution in [-0.2, 0) is 9.53 Å². The summed E-state index contributed by atoms with van der Waals surface area (Å²) >= 11 is 0. The van der Waals surface area contributed by atoms with Crippen molar-refractivity contribution in [2.24, 2.45) is 5.73 Å². The highest BCUT2D eigenvalue weighted by Crippen LogP contribution is 2.08. The summed E-state index contributed by atoms with van der Waals surface area (Å²) in [5, 5.41) is 0. The number of amides is 1. The SMILES string of the molecule is CCCN(CCC)C(=O)CN1CCOC(C(C)N)C1. The molecule has 19 heavy (non-hydrogen) atoms. The Morgan fingerprint density at radius 3 is 2.58 bits per heavy atom. The van der Waals surface area contributed by atoms with Gasteiger partial charge in [0.1, 0.15) is 0 Å². The van der Waals surface area contributed by atoms with Crippen LogP contribution in [0.5, 0.6) is 0 Å². The van der Waals surface area contributed by atoms with E-state index in [-0.39, 0.29) is 18.1 Å². The first-order valence-corrected chi connectivity index (χ1v) is 7.45. The normalized spacial score (nSPS) is 22.2. The van der Waals surface area contributed by atoms with Gasteiger partial charge in [0.05, 0.1) is 19.3 Å². The van der Waals surface area contributed by atoms with Gasteiger partial charge in [-0.2, -0.15) is 0 Å². The van der Waals surface area contributed by atoms with Gasteiger partial charge in [0.25, 0.3) is 0 Å². The number of hydrogen-bond donors (Lipinski definition) is 1. The number of nitrogens with zero attached hydrogens (tertiary/aromatic N) is 2. The molecule has 1 aliphatic rings. The van der Waals surface area contributed by atoms with E-state index in [1.54, 1.807) is 0 Å². The average Bonchev–Trinajstić information content (AvgIpc) is 2.38. The zero-order valence-corrected chi connectivity index (χ0v) is 12.6. The summed E-state index contributed by atoms with van der Waals surface area (Å²) in [6, 6.07) is 0.0142. The van der Waals surface area contributed by atoms with E-state index in [9.17, 15) is 4.79 Å². The maximum atomic E-state index is 12.3. The van der Waals surface area contributed by atoms with Crippen LogP contribution >= 0.6 is 0 Å². The molecule has 0 saturated carbocycles. The monoisotopic (exact) mass is 271 g/mol. The average molecular weight is 271 g/mol. The van der Waals surface area contributed by atoms with E-state index in [1.807, 2.05) is 11.8 Å². The fourth-order valence-electron chi connectivity index (χ4n) is 2.39. The van der Waals surface area contributed by atoms with Gasteiger partial charge in [-0.25, -0.2) is 0 Å². The Morgan fingerprint density at radius 1 is 1.42 bits per heavy atom. The standard InChI is InChI=1S/C14H29N3O2/c1-4-6-17(7-5-2)14(18)11-16-8-9-19-13(10-16)12(3)15/h12-13H,4-11,15H2,1-3H3. The van der Waals surface area contributed by atoms with Crippen molar-refractivity contribution in [2.45, 2.75) is 45.8 Å². The highest BCUT2D eigenvalue weighted by Gasteiger charge is 2.25. The summed E-state index contributed by atoms with van der Waals surface area (Å²) in [6.45, 7) is 10.6. The maximum Gasteiger partial charge on any atom is 0.236 e. The van der Waals surface area contributed by atoms with E-state index in [0.29, 0.717) is 13.2 Å². The van der Waals surface area contributed by atoms with Gasteiger partial charge in [0.15, 0.2) is 0 Å². The van der Waals surface area contributed by atoms with Gasteiger partial charge in [0, 0.05) is 32.2 Å². The van der Waals surface area contributed by atoms with Gasteiger partial charge >= 0.3 is 0 Å². The zero-order chi connectivity index (χ0) is 14.3. The summed E-state index contributed by atoms with van der Waals surface area (Å²) < 4.78 is 5.62. The Morgan fingerprint density at radius 2 is 2.05 bits per heavy atom. The molecule has 1 fully saturated rings. The highest BCUT2D eigenvalue weighted by molar-refractivity contribution is 5.78. The Balaban J connectivity index is 2.45. The molecule has 0 aromatic carbocycles. The molecule has 0 radical (unpaired) electrons. The van der Waals surface area contributed by atoms with E-state index in [2.05, 4.69) is 18.7 Å². The molecule has 2 unspecified atom stereocenters. The van der Waals surface area contributed by atoms with Gasteiger partial charge in [-0.1, -0.05) is 13.8 Å². The lowest BCUT2D eigenvalue weighted by Gasteiger charge is -2.35. The molecule has 1 aliphatic heterocycles. The first-order chi connectivity index (χ1) is 9.08. The minimum absolute atomic E-state index is 0.0142. The lowest BCUT2D eigenvalue weighted by molar-refractivity contribution is -0.134. The van der Waals surface area contributed by atoms with E-state index < -0.39 is 0 Å². The maximum absolute atomic E-state index is 12.3. The van der Waals surface area contributed by atoms with Crippen molar-refractivity contribution in [3.8, 4) is 0 Å². The highest BCUT2D eigenvalue weighted by atomic mass is 16.5. The van der Waals surface area contributed by atoms with Gasteiger partial charge in [0.2, 0.25) is 5.91 Å². The van der Waals surface area contributed by atoms with Crippen molar-refractivity contribution >= 4 is 5.91 Å². The van der Waals surface area contributed by atoms with Crippen LogP contribution in [0.25, 0.3) is 0 Å². The molecule has 0 spiro atoms. The first kappa shape index (κ1) is 16.4. The second-order valence-corrected chi connectivity index (χ2v) is 5.38. The van der Waals surface area contributed by atoms with Crippen molar-refractivity contribution in [2.75, 3.05) is 39.3 Å². The van der Waals surface area contributed by atoms with Gasteiger partial charge < -0.3 is 15.4 Å². The number of morpholine rings is 1. The second kappa shape index (κ2) is 8.51. The molecular formula is C14H29N3O2. The molecule has 1 rings (SSSR count). The second-order valence-electron chi connectivity index (χ2n) is 5.38. The molecule has 1 saturated heterocycles. The number of hydrogen-bond acceptors (Lipinski definition) is 4. The predicted octanol–water partition coefficient (Wildman–Crippen LogP) is 0.683. The fourth-order valence-corrected chi connectivity index (χ4v) is 2.39. The summed E-state index contributed by atoms with van der Waals surface area (Å²) in [5.41, 5.74) is 5.87. The first-order valence-electron chi connectivity index (χ1n) is 7.45. The third kappa shape index (κ3) is 5.47. The number of nitrogens with two attached hydrogens (primary N) is 1. The van der Waals surface area contributed by atoms with Crippen molar-refractivity contribution in [3.63, 3.8) is 0 Å². The van der Waals surface area contributed by atoms with Crippen LogP contribution in [0.2, 0.25) is 0 Å². The van der Waals surface area contributed by atoms with E-state index in [1.165, 1.54) is 0 Å². The van der Waals surface area contributed by atoms with Crippen LogP contribution in [0.3, 0.4) is 0 Å². The predicted molar refractivity (Wildman–Crippen MR) is 77.0 cm³/mol. The molecule has 0 aromatic rings. The smallest absolute Gasteiger partial charge is 0.236 e. The van der Waals surface area contributed by atoms with Crippen LogP contribution < -0.4 is 5.73 Å². The van der Waals surface area contributed by atoms with Crippen molar-refractivity contribution in [3.05, 3.63) is 0 Å². The summed E-state index contributed by atoms with van der Waals surface area (Å²) in [7, 11) is 0.